The van der Waals surface area contributed by atoms with Gasteiger partial charge in [-0.1, -0.05) is 39.8 Å². The molecule has 5 heteroatoms. The van der Waals surface area contributed by atoms with Crippen LogP contribution in [0.25, 0.3) is 0 Å². The Morgan fingerprint density at radius 2 is 1.64 bits per heavy atom. The van der Waals surface area contributed by atoms with Crippen molar-refractivity contribution >= 4 is 11.8 Å². The summed E-state index contributed by atoms with van der Waals surface area (Å²) in [6, 6.07) is 5.69. The van der Waals surface area contributed by atoms with Crippen LogP contribution < -0.4 is 5.32 Å². The minimum atomic E-state index is -0.327. The minimum absolute atomic E-state index is 0.0203. The van der Waals surface area contributed by atoms with Gasteiger partial charge in [-0.05, 0) is 17.7 Å². The van der Waals surface area contributed by atoms with Crippen LogP contribution in [0.4, 0.5) is 4.39 Å². The molecular weight excluding hydrogens is 283 g/mol. The number of hydrogen-bond acceptors (Lipinski definition) is 2. The second-order valence-corrected chi connectivity index (χ2v) is 6.07. The molecule has 1 N–H and O–H groups in total. The molecule has 122 valence electrons. The zero-order valence-electron chi connectivity index (χ0n) is 13.9. The van der Waals surface area contributed by atoms with Gasteiger partial charge in [0.2, 0.25) is 11.8 Å². The summed E-state index contributed by atoms with van der Waals surface area (Å²) in [5.41, 5.74) is 0.793. The predicted molar refractivity (Wildman–Crippen MR) is 84.6 cm³/mol. The van der Waals surface area contributed by atoms with Gasteiger partial charge in [0.1, 0.15) is 5.82 Å². The number of carbonyl (C=O) groups is 2. The average Bonchev–Trinajstić information content (AvgIpc) is 2.47. The Morgan fingerprint density at radius 1 is 1.09 bits per heavy atom. The zero-order chi connectivity index (χ0) is 16.9. The SMILES string of the molecule is CC(C)C(=O)NCC(c1ccc(F)cc1)N(C)C(=O)C(C)C. The predicted octanol–water partition coefficient (Wildman–Crippen LogP) is 2.75. The molecule has 0 spiro atoms. The number of nitrogens with zero attached hydrogens (tertiary/aromatic N) is 1. The Balaban J connectivity index is 2.96. The lowest BCUT2D eigenvalue weighted by molar-refractivity contribution is -0.136. The summed E-state index contributed by atoms with van der Waals surface area (Å²) in [7, 11) is 1.71. The van der Waals surface area contributed by atoms with Crippen LogP contribution in [-0.4, -0.2) is 30.3 Å². The Morgan fingerprint density at radius 3 is 2.09 bits per heavy atom. The van der Waals surface area contributed by atoms with Gasteiger partial charge in [0, 0.05) is 25.4 Å². The van der Waals surface area contributed by atoms with Crippen molar-refractivity contribution in [3.63, 3.8) is 0 Å². The van der Waals surface area contributed by atoms with E-state index in [9.17, 15) is 14.0 Å². The van der Waals surface area contributed by atoms with Crippen molar-refractivity contribution in [2.45, 2.75) is 33.7 Å². The summed E-state index contributed by atoms with van der Waals surface area (Å²) in [6.45, 7) is 7.58. The third-order valence-corrected chi connectivity index (χ3v) is 3.56. The number of benzene rings is 1. The smallest absolute Gasteiger partial charge is 0.225 e. The molecule has 1 atom stereocenters. The van der Waals surface area contributed by atoms with Gasteiger partial charge in [0.15, 0.2) is 0 Å². The number of carbonyl (C=O) groups excluding carboxylic acids is 2. The largest absolute Gasteiger partial charge is 0.353 e. The number of hydrogen-bond donors (Lipinski definition) is 1. The van der Waals surface area contributed by atoms with Crippen LogP contribution in [0.5, 0.6) is 0 Å². The average molecular weight is 308 g/mol. The summed E-state index contributed by atoms with van der Waals surface area (Å²) in [5, 5.41) is 2.84. The molecule has 0 radical (unpaired) electrons. The first kappa shape index (κ1) is 18.1. The maximum Gasteiger partial charge on any atom is 0.225 e. The number of likely N-dealkylation sites (N-methyl/N-ethyl adjacent to an activating group) is 1. The lowest BCUT2D eigenvalue weighted by Gasteiger charge is -2.30. The molecule has 2 amide bonds. The van der Waals surface area contributed by atoms with E-state index in [-0.39, 0.29) is 35.5 Å². The molecule has 0 saturated heterocycles. The van der Waals surface area contributed by atoms with Crippen LogP contribution >= 0.6 is 0 Å². The third-order valence-electron chi connectivity index (χ3n) is 3.56. The molecule has 1 unspecified atom stereocenters. The third kappa shape index (κ3) is 4.83. The maximum atomic E-state index is 13.1. The van der Waals surface area contributed by atoms with Crippen molar-refractivity contribution in [1.82, 2.24) is 10.2 Å². The molecule has 1 aromatic rings. The fourth-order valence-corrected chi connectivity index (χ4v) is 2.13. The van der Waals surface area contributed by atoms with E-state index in [2.05, 4.69) is 5.32 Å². The molecule has 0 saturated carbocycles. The first-order valence-electron chi connectivity index (χ1n) is 7.53. The lowest BCUT2D eigenvalue weighted by atomic mass is 10.0. The van der Waals surface area contributed by atoms with Crippen molar-refractivity contribution in [1.29, 1.82) is 0 Å². The van der Waals surface area contributed by atoms with Crippen LogP contribution in [0.15, 0.2) is 24.3 Å². The molecule has 0 bridgehead atoms. The first-order valence-corrected chi connectivity index (χ1v) is 7.53. The van der Waals surface area contributed by atoms with Crippen LogP contribution in [-0.2, 0) is 9.59 Å². The normalized spacial score (nSPS) is 12.4. The number of halogens is 1. The lowest BCUT2D eigenvalue weighted by Crippen LogP contribution is -2.41. The topological polar surface area (TPSA) is 49.4 Å². The number of nitrogens with one attached hydrogen (secondary N) is 1. The molecule has 1 aromatic carbocycles. The molecule has 0 heterocycles. The Hall–Kier alpha value is -1.91. The van der Waals surface area contributed by atoms with Gasteiger partial charge in [-0.2, -0.15) is 0 Å². The van der Waals surface area contributed by atoms with Gasteiger partial charge in [-0.15, -0.1) is 0 Å². The van der Waals surface area contributed by atoms with Gasteiger partial charge in [-0.25, -0.2) is 4.39 Å². The zero-order valence-corrected chi connectivity index (χ0v) is 13.9. The summed E-state index contributed by atoms with van der Waals surface area (Å²) < 4.78 is 13.1. The van der Waals surface area contributed by atoms with Crippen molar-refractivity contribution in [2.75, 3.05) is 13.6 Å². The van der Waals surface area contributed by atoms with E-state index in [1.165, 1.54) is 12.1 Å². The fourth-order valence-electron chi connectivity index (χ4n) is 2.13. The van der Waals surface area contributed by atoms with Crippen LogP contribution in [0.1, 0.15) is 39.3 Å². The molecular formula is C17H25FN2O2. The van der Waals surface area contributed by atoms with E-state index in [1.807, 2.05) is 27.7 Å². The Labute approximate surface area is 131 Å². The number of rotatable bonds is 6. The first-order chi connectivity index (χ1) is 10.2. The highest BCUT2D eigenvalue weighted by Gasteiger charge is 2.24. The summed E-state index contributed by atoms with van der Waals surface area (Å²) in [6.07, 6.45) is 0. The molecule has 22 heavy (non-hydrogen) atoms. The van der Waals surface area contributed by atoms with E-state index in [0.29, 0.717) is 6.54 Å². The number of amides is 2. The van der Waals surface area contributed by atoms with E-state index in [4.69, 9.17) is 0 Å². The van der Waals surface area contributed by atoms with E-state index in [1.54, 1.807) is 24.1 Å². The monoisotopic (exact) mass is 308 g/mol. The molecule has 0 aliphatic rings. The van der Waals surface area contributed by atoms with E-state index < -0.39 is 0 Å². The summed E-state index contributed by atoms with van der Waals surface area (Å²) >= 11 is 0. The van der Waals surface area contributed by atoms with Gasteiger partial charge < -0.3 is 10.2 Å². The van der Waals surface area contributed by atoms with E-state index in [0.717, 1.165) is 5.56 Å². The van der Waals surface area contributed by atoms with Crippen molar-refractivity contribution < 1.29 is 14.0 Å². The molecule has 4 nitrogen and oxygen atoms in total. The highest BCUT2D eigenvalue weighted by atomic mass is 19.1. The van der Waals surface area contributed by atoms with Gasteiger partial charge in [0.05, 0.1) is 6.04 Å². The quantitative estimate of drug-likeness (QED) is 0.878. The van der Waals surface area contributed by atoms with Gasteiger partial charge in [0.25, 0.3) is 0 Å². The van der Waals surface area contributed by atoms with Crippen molar-refractivity contribution in [2.24, 2.45) is 11.8 Å². The summed E-state index contributed by atoms with van der Waals surface area (Å²) in [4.78, 5) is 25.6. The molecule has 1 rings (SSSR count). The van der Waals surface area contributed by atoms with Crippen LogP contribution in [0.3, 0.4) is 0 Å². The summed E-state index contributed by atoms with van der Waals surface area (Å²) in [5.74, 6) is -0.689. The van der Waals surface area contributed by atoms with E-state index >= 15 is 0 Å². The second kappa shape index (κ2) is 7.92. The Kier molecular flexibility index (Phi) is 6.53. The molecule has 0 aliphatic heterocycles. The van der Waals surface area contributed by atoms with Crippen molar-refractivity contribution in [3.05, 3.63) is 35.6 Å². The minimum Gasteiger partial charge on any atom is -0.353 e. The molecule has 0 aliphatic carbocycles. The second-order valence-electron chi connectivity index (χ2n) is 6.07. The fraction of sp³-hybridized carbons (Fsp3) is 0.529. The standard InChI is InChI=1S/C17H25FN2O2/c1-11(2)16(21)19-10-15(20(5)17(22)12(3)4)13-6-8-14(18)9-7-13/h6-9,11-12,15H,10H2,1-5H3,(H,19,21). The molecule has 0 aromatic heterocycles. The van der Waals surface area contributed by atoms with Crippen LogP contribution in [0.2, 0.25) is 0 Å². The highest BCUT2D eigenvalue weighted by molar-refractivity contribution is 5.79. The van der Waals surface area contributed by atoms with Gasteiger partial charge >= 0.3 is 0 Å². The van der Waals surface area contributed by atoms with Gasteiger partial charge in [-0.3, -0.25) is 9.59 Å². The highest BCUT2D eigenvalue weighted by Crippen LogP contribution is 2.21. The van der Waals surface area contributed by atoms with Crippen molar-refractivity contribution in [3.8, 4) is 0 Å². The molecule has 0 fully saturated rings. The maximum absolute atomic E-state index is 13.1. The Bertz CT molecular complexity index is 512. The van der Waals surface area contributed by atoms with Crippen LogP contribution in [0, 0.1) is 17.7 Å².